The van der Waals surface area contributed by atoms with E-state index in [0.29, 0.717) is 6.42 Å². The summed E-state index contributed by atoms with van der Waals surface area (Å²) in [5.74, 6) is 1.00. The Labute approximate surface area is 126 Å². The highest BCUT2D eigenvalue weighted by Gasteiger charge is 2.12. The molecule has 0 spiro atoms. The molecule has 2 heteroatoms. The van der Waals surface area contributed by atoms with Crippen molar-refractivity contribution < 1.29 is 9.53 Å². The largest absolute Gasteiger partial charge is 0.496 e. The molecular formula is C19H22O2. The summed E-state index contributed by atoms with van der Waals surface area (Å²) in [4.78, 5) is 12.5. The van der Waals surface area contributed by atoms with Gasteiger partial charge in [0.25, 0.3) is 0 Å². The Morgan fingerprint density at radius 2 is 1.52 bits per heavy atom. The van der Waals surface area contributed by atoms with Gasteiger partial charge in [0.2, 0.25) is 0 Å². The normalized spacial score (nSPS) is 10.5. The van der Waals surface area contributed by atoms with E-state index in [0.717, 1.165) is 28.0 Å². The number of ketones is 1. The number of Topliss-reactive ketones (excluding diaryl/α,β-unsaturated/α-hetero) is 1. The van der Waals surface area contributed by atoms with Gasteiger partial charge in [-0.1, -0.05) is 18.2 Å². The Balaban J connectivity index is 2.26. The van der Waals surface area contributed by atoms with Gasteiger partial charge in [-0.25, -0.2) is 0 Å². The molecule has 2 aromatic carbocycles. The summed E-state index contributed by atoms with van der Waals surface area (Å²) in [5, 5.41) is 0. The highest BCUT2D eigenvalue weighted by molar-refractivity contribution is 5.98. The van der Waals surface area contributed by atoms with Crippen LogP contribution in [0.15, 0.2) is 30.3 Å². The molecule has 0 fully saturated rings. The van der Waals surface area contributed by atoms with Crippen LogP contribution in [0.25, 0.3) is 0 Å². The molecule has 0 saturated carbocycles. The Bertz CT molecular complexity index is 661. The number of ether oxygens (including phenoxy) is 1. The number of rotatable bonds is 4. The number of methoxy groups -OCH3 is 1. The molecule has 2 aromatic rings. The zero-order valence-electron chi connectivity index (χ0n) is 13.4. The van der Waals surface area contributed by atoms with Crippen LogP contribution in [0.5, 0.6) is 5.75 Å². The zero-order valence-corrected chi connectivity index (χ0v) is 13.4. The lowest BCUT2D eigenvalue weighted by atomic mass is 9.97. The maximum Gasteiger partial charge on any atom is 0.167 e. The lowest BCUT2D eigenvalue weighted by Gasteiger charge is -2.11. The van der Waals surface area contributed by atoms with E-state index in [-0.39, 0.29) is 5.78 Å². The van der Waals surface area contributed by atoms with Crippen molar-refractivity contribution in [2.24, 2.45) is 0 Å². The van der Waals surface area contributed by atoms with Gasteiger partial charge < -0.3 is 4.74 Å². The SMILES string of the molecule is COc1c(C)cc(C(=O)Cc2ccc(C)c(C)c2)cc1C. The van der Waals surface area contributed by atoms with Crippen LogP contribution in [0, 0.1) is 27.7 Å². The second kappa shape index (κ2) is 6.13. The molecule has 110 valence electrons. The van der Waals surface area contributed by atoms with E-state index in [2.05, 4.69) is 26.0 Å². The number of aryl methyl sites for hydroxylation is 4. The van der Waals surface area contributed by atoms with Crippen LogP contribution in [0.1, 0.15) is 38.2 Å². The van der Waals surface area contributed by atoms with Crippen LogP contribution in [0.2, 0.25) is 0 Å². The molecule has 21 heavy (non-hydrogen) atoms. The second-order valence-electron chi connectivity index (χ2n) is 5.66. The van der Waals surface area contributed by atoms with E-state index in [1.54, 1.807) is 7.11 Å². The first-order chi connectivity index (χ1) is 9.92. The standard InChI is InChI=1S/C19H22O2/c1-12-6-7-16(8-13(12)2)11-18(20)17-9-14(3)19(21-5)15(4)10-17/h6-10H,11H2,1-5H3. The van der Waals surface area contributed by atoms with Crippen molar-refractivity contribution in [3.05, 3.63) is 63.7 Å². The number of benzene rings is 2. The summed E-state index contributed by atoms with van der Waals surface area (Å²) < 4.78 is 5.35. The topological polar surface area (TPSA) is 26.3 Å². The summed E-state index contributed by atoms with van der Waals surface area (Å²) in [6, 6.07) is 10.0. The van der Waals surface area contributed by atoms with Crippen molar-refractivity contribution >= 4 is 5.78 Å². The molecule has 0 bridgehead atoms. The fourth-order valence-electron chi connectivity index (χ4n) is 2.63. The molecule has 0 radical (unpaired) electrons. The predicted octanol–water partition coefficient (Wildman–Crippen LogP) is 4.35. The van der Waals surface area contributed by atoms with Gasteiger partial charge in [0, 0.05) is 12.0 Å². The molecule has 2 nitrogen and oxygen atoms in total. The van der Waals surface area contributed by atoms with Crippen molar-refractivity contribution in [3.63, 3.8) is 0 Å². The van der Waals surface area contributed by atoms with Gasteiger partial charge in [-0.3, -0.25) is 4.79 Å². The summed E-state index contributed by atoms with van der Waals surface area (Å²) >= 11 is 0. The molecule has 0 unspecified atom stereocenters. The molecule has 0 aliphatic carbocycles. The minimum absolute atomic E-state index is 0.145. The Morgan fingerprint density at radius 3 is 2.05 bits per heavy atom. The molecule has 0 atom stereocenters. The summed E-state index contributed by atoms with van der Waals surface area (Å²) in [6.45, 7) is 8.10. The summed E-state index contributed by atoms with van der Waals surface area (Å²) in [7, 11) is 1.66. The molecule has 0 aliphatic heterocycles. The first-order valence-electron chi connectivity index (χ1n) is 7.17. The number of hydrogen-bond donors (Lipinski definition) is 0. The first-order valence-corrected chi connectivity index (χ1v) is 7.17. The lowest BCUT2D eigenvalue weighted by molar-refractivity contribution is 0.0993. The number of carbonyl (C=O) groups is 1. The van der Waals surface area contributed by atoms with E-state index >= 15 is 0 Å². The van der Waals surface area contributed by atoms with Crippen LogP contribution in [-0.4, -0.2) is 12.9 Å². The molecule has 0 saturated heterocycles. The van der Waals surface area contributed by atoms with E-state index in [4.69, 9.17) is 4.74 Å². The highest BCUT2D eigenvalue weighted by Crippen LogP contribution is 2.25. The van der Waals surface area contributed by atoms with Crippen LogP contribution < -0.4 is 4.74 Å². The minimum atomic E-state index is 0.145. The van der Waals surface area contributed by atoms with Crippen LogP contribution in [0.4, 0.5) is 0 Å². The fraction of sp³-hybridized carbons (Fsp3) is 0.316. The third-order valence-corrected chi connectivity index (χ3v) is 3.92. The third-order valence-electron chi connectivity index (χ3n) is 3.92. The van der Waals surface area contributed by atoms with E-state index in [1.807, 2.05) is 32.0 Å². The quantitative estimate of drug-likeness (QED) is 0.779. The predicted molar refractivity (Wildman–Crippen MR) is 86.4 cm³/mol. The average Bonchev–Trinajstić information content (AvgIpc) is 2.42. The Hall–Kier alpha value is -2.09. The van der Waals surface area contributed by atoms with Crippen LogP contribution in [0.3, 0.4) is 0 Å². The van der Waals surface area contributed by atoms with Gasteiger partial charge >= 0.3 is 0 Å². The molecule has 0 aliphatic rings. The maximum atomic E-state index is 12.5. The molecule has 0 N–H and O–H groups in total. The minimum Gasteiger partial charge on any atom is -0.496 e. The lowest BCUT2D eigenvalue weighted by Crippen LogP contribution is -2.06. The fourth-order valence-corrected chi connectivity index (χ4v) is 2.63. The molecule has 0 heterocycles. The summed E-state index contributed by atoms with van der Waals surface area (Å²) in [6.07, 6.45) is 0.437. The monoisotopic (exact) mass is 282 g/mol. The highest BCUT2D eigenvalue weighted by atomic mass is 16.5. The molecular weight excluding hydrogens is 260 g/mol. The van der Waals surface area contributed by atoms with Crippen molar-refractivity contribution in [1.29, 1.82) is 0 Å². The first kappa shape index (κ1) is 15.3. The van der Waals surface area contributed by atoms with Gasteiger partial charge in [0.1, 0.15) is 5.75 Å². The summed E-state index contributed by atoms with van der Waals surface area (Å²) in [5.41, 5.74) is 6.30. The van der Waals surface area contributed by atoms with Gasteiger partial charge in [0.05, 0.1) is 7.11 Å². The van der Waals surface area contributed by atoms with E-state index in [9.17, 15) is 4.79 Å². The van der Waals surface area contributed by atoms with Crippen molar-refractivity contribution in [2.45, 2.75) is 34.1 Å². The Morgan fingerprint density at radius 1 is 0.905 bits per heavy atom. The van der Waals surface area contributed by atoms with Crippen molar-refractivity contribution in [1.82, 2.24) is 0 Å². The smallest absolute Gasteiger partial charge is 0.167 e. The van der Waals surface area contributed by atoms with Gasteiger partial charge in [-0.15, -0.1) is 0 Å². The van der Waals surface area contributed by atoms with Gasteiger partial charge in [-0.2, -0.15) is 0 Å². The maximum absolute atomic E-state index is 12.5. The second-order valence-corrected chi connectivity index (χ2v) is 5.66. The number of carbonyl (C=O) groups excluding carboxylic acids is 1. The van der Waals surface area contributed by atoms with Crippen molar-refractivity contribution in [3.8, 4) is 5.75 Å². The molecule has 0 aromatic heterocycles. The van der Waals surface area contributed by atoms with Crippen LogP contribution >= 0.6 is 0 Å². The molecule has 0 amide bonds. The van der Waals surface area contributed by atoms with Crippen molar-refractivity contribution in [2.75, 3.05) is 7.11 Å². The van der Waals surface area contributed by atoms with Gasteiger partial charge in [-0.05, 0) is 67.6 Å². The van der Waals surface area contributed by atoms with E-state index in [1.165, 1.54) is 11.1 Å². The third kappa shape index (κ3) is 3.33. The van der Waals surface area contributed by atoms with Crippen LogP contribution in [-0.2, 0) is 6.42 Å². The zero-order chi connectivity index (χ0) is 15.6. The van der Waals surface area contributed by atoms with E-state index < -0.39 is 0 Å². The van der Waals surface area contributed by atoms with Gasteiger partial charge in [0.15, 0.2) is 5.78 Å². The Kier molecular flexibility index (Phi) is 4.46. The molecule has 2 rings (SSSR count). The average molecular weight is 282 g/mol. The number of hydrogen-bond acceptors (Lipinski definition) is 2.